The number of nitrogen functional groups attached to an aromatic ring is 1. The third-order valence-corrected chi connectivity index (χ3v) is 6.33. The van der Waals surface area contributed by atoms with E-state index in [2.05, 4.69) is 45.7 Å². The molecule has 4 aromatic rings. The Morgan fingerprint density at radius 2 is 1.63 bits per heavy atom. The number of rotatable bonds is 7. The molecule has 1 atom stereocenters. The monoisotopic (exact) mass is 502 g/mol. The van der Waals surface area contributed by atoms with E-state index >= 15 is 0 Å². The summed E-state index contributed by atoms with van der Waals surface area (Å²) in [6.45, 7) is 4.05. The second-order valence-electron chi connectivity index (χ2n) is 8.09. The number of benzene rings is 3. The zero-order valence-electron chi connectivity index (χ0n) is 19.3. The molecular formula is C27H24Cl2N6. The zero-order valence-corrected chi connectivity index (χ0v) is 20.8. The van der Waals surface area contributed by atoms with Gasteiger partial charge in [-0.05, 0) is 65.9 Å². The predicted octanol–water partition coefficient (Wildman–Crippen LogP) is 7.38. The molecule has 1 aromatic heterocycles. The van der Waals surface area contributed by atoms with Crippen LogP contribution in [0.2, 0.25) is 10.0 Å². The Morgan fingerprint density at radius 3 is 2.26 bits per heavy atom. The minimum atomic E-state index is -0.522. The van der Waals surface area contributed by atoms with Crippen LogP contribution in [0.15, 0.2) is 67.0 Å². The van der Waals surface area contributed by atoms with Crippen molar-refractivity contribution in [3.8, 4) is 6.07 Å². The van der Waals surface area contributed by atoms with Crippen molar-refractivity contribution < 1.29 is 0 Å². The Kier molecular flexibility index (Phi) is 7.40. The summed E-state index contributed by atoms with van der Waals surface area (Å²) >= 11 is 12.6. The SMILES string of the molecule is CCc1ccc(Nc2ncnc(Nc3cc(Cl)c(C(C#N)c4ccc(Cl)cc4)cc3C)c2N)cc1. The van der Waals surface area contributed by atoms with Crippen LogP contribution >= 0.6 is 23.2 Å². The van der Waals surface area contributed by atoms with Crippen molar-refractivity contribution in [1.82, 2.24) is 9.97 Å². The molecule has 1 unspecified atom stereocenters. The molecule has 176 valence electrons. The highest BCUT2D eigenvalue weighted by Gasteiger charge is 2.19. The summed E-state index contributed by atoms with van der Waals surface area (Å²) in [5, 5.41) is 17.4. The molecule has 0 spiro atoms. The fourth-order valence-electron chi connectivity index (χ4n) is 3.72. The second kappa shape index (κ2) is 10.6. The number of nitriles is 1. The van der Waals surface area contributed by atoms with Gasteiger partial charge in [0.1, 0.15) is 12.0 Å². The number of hydrogen-bond acceptors (Lipinski definition) is 6. The summed E-state index contributed by atoms with van der Waals surface area (Å²) in [4.78, 5) is 8.60. The summed E-state index contributed by atoms with van der Waals surface area (Å²) < 4.78 is 0. The second-order valence-corrected chi connectivity index (χ2v) is 8.93. The summed E-state index contributed by atoms with van der Waals surface area (Å²) in [7, 11) is 0. The van der Waals surface area contributed by atoms with Crippen molar-refractivity contribution in [3.63, 3.8) is 0 Å². The lowest BCUT2D eigenvalue weighted by Gasteiger charge is -2.17. The molecule has 0 aliphatic heterocycles. The van der Waals surface area contributed by atoms with E-state index in [9.17, 15) is 5.26 Å². The Hall–Kier alpha value is -3.79. The lowest BCUT2D eigenvalue weighted by atomic mass is 9.91. The molecule has 4 N–H and O–H groups in total. The molecule has 0 saturated carbocycles. The predicted molar refractivity (Wildman–Crippen MR) is 144 cm³/mol. The maximum Gasteiger partial charge on any atom is 0.159 e. The average Bonchev–Trinajstić information content (AvgIpc) is 2.86. The van der Waals surface area contributed by atoms with Crippen LogP contribution in [-0.4, -0.2) is 9.97 Å². The van der Waals surface area contributed by atoms with Gasteiger partial charge in [0.15, 0.2) is 11.6 Å². The molecule has 0 saturated heterocycles. The van der Waals surface area contributed by atoms with E-state index in [0.717, 1.165) is 28.9 Å². The van der Waals surface area contributed by atoms with Gasteiger partial charge >= 0.3 is 0 Å². The fourth-order valence-corrected chi connectivity index (χ4v) is 4.12. The van der Waals surface area contributed by atoms with Crippen molar-refractivity contribution in [2.24, 2.45) is 0 Å². The van der Waals surface area contributed by atoms with Gasteiger partial charge in [-0.25, -0.2) is 9.97 Å². The Bertz CT molecular complexity index is 1380. The van der Waals surface area contributed by atoms with Gasteiger partial charge in [0.2, 0.25) is 0 Å². The van der Waals surface area contributed by atoms with E-state index in [1.165, 1.54) is 11.9 Å². The number of hydrogen-bond donors (Lipinski definition) is 3. The molecular weight excluding hydrogens is 479 g/mol. The number of aryl methyl sites for hydroxylation is 2. The summed E-state index contributed by atoms with van der Waals surface area (Å²) in [6.07, 6.45) is 2.42. The third-order valence-electron chi connectivity index (χ3n) is 5.75. The first-order valence-corrected chi connectivity index (χ1v) is 11.8. The maximum absolute atomic E-state index is 9.84. The van der Waals surface area contributed by atoms with E-state index in [1.807, 2.05) is 37.3 Å². The van der Waals surface area contributed by atoms with Crippen molar-refractivity contribution >= 4 is 51.9 Å². The van der Waals surface area contributed by atoms with Gasteiger partial charge in [-0.2, -0.15) is 5.26 Å². The van der Waals surface area contributed by atoms with Crippen molar-refractivity contribution in [2.45, 2.75) is 26.2 Å². The zero-order chi connectivity index (χ0) is 24.9. The molecule has 1 heterocycles. The van der Waals surface area contributed by atoms with Crippen LogP contribution in [-0.2, 0) is 6.42 Å². The highest BCUT2D eigenvalue weighted by Crippen LogP contribution is 2.36. The van der Waals surface area contributed by atoms with E-state index in [-0.39, 0.29) is 0 Å². The fraction of sp³-hybridized carbons (Fsp3) is 0.148. The summed E-state index contributed by atoms with van der Waals surface area (Å²) in [5.74, 6) is 0.431. The normalized spacial score (nSPS) is 11.5. The topological polar surface area (TPSA) is 99.6 Å². The van der Waals surface area contributed by atoms with Crippen LogP contribution in [0, 0.1) is 18.3 Å². The number of nitrogens with one attached hydrogen (secondary N) is 2. The van der Waals surface area contributed by atoms with Crippen LogP contribution in [0.25, 0.3) is 0 Å². The standard InChI is InChI=1S/C27H24Cl2N6/c1-3-17-4-10-20(11-5-17)34-26-25(31)27(33-15-32-26)35-24-13-23(29)21(12-16(24)2)22(14-30)18-6-8-19(28)9-7-18/h4-13,15,22H,3,31H2,1-2H3,(H2,32,33,34,35). The lowest BCUT2D eigenvalue weighted by Crippen LogP contribution is -2.07. The smallest absolute Gasteiger partial charge is 0.159 e. The van der Waals surface area contributed by atoms with E-state index in [4.69, 9.17) is 28.9 Å². The van der Waals surface area contributed by atoms with Crippen LogP contribution in [0.5, 0.6) is 0 Å². The Morgan fingerprint density at radius 1 is 0.971 bits per heavy atom. The molecule has 35 heavy (non-hydrogen) atoms. The summed E-state index contributed by atoms with van der Waals surface area (Å²) in [6, 6.07) is 21.3. The van der Waals surface area contributed by atoms with Gasteiger partial charge in [0.25, 0.3) is 0 Å². The van der Waals surface area contributed by atoms with Gasteiger partial charge in [-0.15, -0.1) is 0 Å². The number of anilines is 5. The number of nitrogens with zero attached hydrogens (tertiary/aromatic N) is 3. The quantitative estimate of drug-likeness (QED) is 0.243. The van der Waals surface area contributed by atoms with Gasteiger partial charge in [-0.3, -0.25) is 0 Å². The molecule has 0 radical (unpaired) electrons. The van der Waals surface area contributed by atoms with Gasteiger partial charge in [0.05, 0.1) is 12.0 Å². The van der Waals surface area contributed by atoms with Crippen LogP contribution in [0.1, 0.15) is 35.1 Å². The minimum absolute atomic E-state index is 0.378. The third kappa shape index (κ3) is 5.48. The van der Waals surface area contributed by atoms with E-state index in [1.54, 1.807) is 18.2 Å². The highest BCUT2D eigenvalue weighted by atomic mass is 35.5. The van der Waals surface area contributed by atoms with Gasteiger partial charge in [0, 0.05) is 21.4 Å². The molecule has 3 aromatic carbocycles. The minimum Gasteiger partial charge on any atom is -0.393 e. The molecule has 0 aliphatic rings. The maximum atomic E-state index is 9.84. The van der Waals surface area contributed by atoms with Crippen molar-refractivity contribution in [2.75, 3.05) is 16.4 Å². The molecule has 4 rings (SSSR count). The van der Waals surface area contributed by atoms with Crippen LogP contribution < -0.4 is 16.4 Å². The molecule has 0 aliphatic carbocycles. The van der Waals surface area contributed by atoms with Crippen LogP contribution in [0.3, 0.4) is 0 Å². The number of aromatic nitrogens is 2. The highest BCUT2D eigenvalue weighted by molar-refractivity contribution is 6.32. The number of nitrogens with two attached hydrogens (primary N) is 1. The molecule has 6 nitrogen and oxygen atoms in total. The Balaban J connectivity index is 1.59. The molecule has 0 amide bonds. The average molecular weight is 503 g/mol. The first-order valence-electron chi connectivity index (χ1n) is 11.1. The Labute approximate surface area is 214 Å². The number of halogens is 2. The lowest BCUT2D eigenvalue weighted by molar-refractivity contribution is 1.03. The van der Waals surface area contributed by atoms with E-state index in [0.29, 0.717) is 32.9 Å². The summed E-state index contributed by atoms with van der Waals surface area (Å²) in [5.41, 5.74) is 12.0. The van der Waals surface area contributed by atoms with Crippen LogP contribution in [0.4, 0.5) is 28.7 Å². The first-order chi connectivity index (χ1) is 16.9. The van der Waals surface area contributed by atoms with Gasteiger partial charge in [-0.1, -0.05) is 60.5 Å². The van der Waals surface area contributed by atoms with Gasteiger partial charge < -0.3 is 16.4 Å². The first kappa shape index (κ1) is 24.3. The largest absolute Gasteiger partial charge is 0.393 e. The van der Waals surface area contributed by atoms with Crippen molar-refractivity contribution in [1.29, 1.82) is 5.26 Å². The molecule has 8 heteroatoms. The van der Waals surface area contributed by atoms with E-state index < -0.39 is 5.92 Å². The molecule has 0 fully saturated rings. The van der Waals surface area contributed by atoms with Crippen molar-refractivity contribution in [3.05, 3.63) is 99.3 Å². The molecule has 0 bridgehead atoms.